The van der Waals surface area contributed by atoms with Crippen LogP contribution < -0.4 is 5.32 Å². The topological polar surface area (TPSA) is 45.5 Å². The standard InChI is InChI=1S/C26H29FN2O2S/c1-17-12-14-29(15-13-17)24(18-8-10-19(27)11-9-18)23-20-5-2-3-7-22(20)32-26(23)28-25(30)21-6-4-16-31-21/h4,6,8-11,16-17,24H,2-3,5,7,12-15H2,1H3,(H,28,30)/t24-/m0/s1. The Kier molecular flexibility index (Phi) is 6.15. The van der Waals surface area contributed by atoms with Crippen molar-refractivity contribution in [1.82, 2.24) is 4.90 Å². The van der Waals surface area contributed by atoms with E-state index < -0.39 is 0 Å². The van der Waals surface area contributed by atoms with Crippen LogP contribution in [0.4, 0.5) is 9.39 Å². The van der Waals surface area contributed by atoms with E-state index in [0.29, 0.717) is 5.76 Å². The monoisotopic (exact) mass is 452 g/mol. The van der Waals surface area contributed by atoms with Gasteiger partial charge in [0.25, 0.3) is 5.91 Å². The normalized spacial score (nSPS) is 18.3. The third kappa shape index (κ3) is 4.26. The second kappa shape index (κ2) is 9.20. The van der Waals surface area contributed by atoms with E-state index in [1.54, 1.807) is 35.6 Å². The van der Waals surface area contributed by atoms with Crippen molar-refractivity contribution >= 4 is 22.2 Å². The van der Waals surface area contributed by atoms with Gasteiger partial charge >= 0.3 is 0 Å². The molecule has 3 aromatic rings. The van der Waals surface area contributed by atoms with Gasteiger partial charge in [0.1, 0.15) is 10.8 Å². The van der Waals surface area contributed by atoms with Gasteiger partial charge in [0.2, 0.25) is 0 Å². The molecule has 1 atom stereocenters. The molecule has 1 aromatic carbocycles. The van der Waals surface area contributed by atoms with Gasteiger partial charge in [0.05, 0.1) is 12.3 Å². The summed E-state index contributed by atoms with van der Waals surface area (Å²) in [5.41, 5.74) is 3.66. The van der Waals surface area contributed by atoms with E-state index >= 15 is 0 Å². The second-order valence-electron chi connectivity index (χ2n) is 9.06. The lowest BCUT2D eigenvalue weighted by atomic mass is 9.87. The number of carbonyl (C=O) groups excluding carboxylic acids is 1. The summed E-state index contributed by atoms with van der Waals surface area (Å²) >= 11 is 1.70. The number of furan rings is 1. The molecule has 1 aliphatic heterocycles. The highest BCUT2D eigenvalue weighted by molar-refractivity contribution is 7.16. The first-order valence-corrected chi connectivity index (χ1v) is 12.4. The van der Waals surface area contributed by atoms with Crippen LogP contribution in [0.5, 0.6) is 0 Å². The zero-order chi connectivity index (χ0) is 22.1. The Morgan fingerprint density at radius 3 is 2.62 bits per heavy atom. The molecule has 0 radical (unpaired) electrons. The number of nitrogens with zero attached hydrogens (tertiary/aromatic N) is 1. The molecular weight excluding hydrogens is 423 g/mol. The Hall–Kier alpha value is -2.44. The third-order valence-electron chi connectivity index (χ3n) is 6.83. The van der Waals surface area contributed by atoms with Crippen LogP contribution in [0.15, 0.2) is 47.1 Å². The van der Waals surface area contributed by atoms with Crippen molar-refractivity contribution < 1.29 is 13.6 Å². The maximum absolute atomic E-state index is 13.8. The van der Waals surface area contributed by atoms with E-state index in [-0.39, 0.29) is 17.8 Å². The van der Waals surface area contributed by atoms with E-state index in [4.69, 9.17) is 4.42 Å². The second-order valence-corrected chi connectivity index (χ2v) is 10.2. The SMILES string of the molecule is CC1CCN([C@@H](c2ccc(F)cc2)c2c(NC(=O)c3ccco3)sc3c2CCCC3)CC1. The highest BCUT2D eigenvalue weighted by atomic mass is 32.1. The fourth-order valence-corrected chi connectivity index (χ4v) is 6.35. The Balaban J connectivity index is 1.59. The molecule has 5 rings (SSSR count). The number of piperidine rings is 1. The number of aryl methyl sites for hydroxylation is 1. The van der Waals surface area contributed by atoms with Crippen LogP contribution in [0.3, 0.4) is 0 Å². The number of fused-ring (bicyclic) bond motifs is 1. The highest BCUT2D eigenvalue weighted by Gasteiger charge is 2.33. The number of hydrogen-bond acceptors (Lipinski definition) is 4. The van der Waals surface area contributed by atoms with E-state index in [1.165, 1.54) is 28.7 Å². The van der Waals surface area contributed by atoms with Crippen molar-refractivity contribution in [3.05, 3.63) is 75.8 Å². The molecule has 6 heteroatoms. The molecule has 4 nitrogen and oxygen atoms in total. The molecule has 0 bridgehead atoms. The molecule has 1 saturated heterocycles. The molecule has 0 spiro atoms. The minimum Gasteiger partial charge on any atom is -0.459 e. The maximum atomic E-state index is 13.8. The number of benzene rings is 1. The van der Waals surface area contributed by atoms with Crippen molar-refractivity contribution in [1.29, 1.82) is 0 Å². The molecule has 1 aliphatic carbocycles. The van der Waals surface area contributed by atoms with Gasteiger partial charge in [-0.25, -0.2) is 4.39 Å². The van der Waals surface area contributed by atoms with Gasteiger partial charge in [-0.15, -0.1) is 11.3 Å². The number of halogens is 1. The summed E-state index contributed by atoms with van der Waals surface area (Å²) in [5, 5.41) is 4.07. The number of hydrogen-bond donors (Lipinski definition) is 1. The van der Waals surface area contributed by atoms with Crippen LogP contribution in [0, 0.1) is 11.7 Å². The summed E-state index contributed by atoms with van der Waals surface area (Å²) in [4.78, 5) is 16.8. The van der Waals surface area contributed by atoms with E-state index in [9.17, 15) is 9.18 Å². The molecule has 0 saturated carbocycles. The number of rotatable bonds is 5. The number of likely N-dealkylation sites (tertiary alicyclic amines) is 1. The summed E-state index contributed by atoms with van der Waals surface area (Å²) in [5.74, 6) is 0.584. The predicted octanol–water partition coefficient (Wildman–Crippen LogP) is 6.43. The van der Waals surface area contributed by atoms with Gasteiger partial charge in [0.15, 0.2) is 5.76 Å². The Bertz CT molecular complexity index is 1070. The lowest BCUT2D eigenvalue weighted by Crippen LogP contribution is -2.37. The number of nitrogens with one attached hydrogen (secondary N) is 1. The molecule has 3 heterocycles. The smallest absolute Gasteiger partial charge is 0.291 e. The highest BCUT2D eigenvalue weighted by Crippen LogP contribution is 2.46. The number of thiophene rings is 1. The number of carbonyl (C=O) groups is 1. The first kappa shape index (κ1) is 21.4. The van der Waals surface area contributed by atoms with Gasteiger partial charge in [-0.05, 0) is 92.9 Å². The quantitative estimate of drug-likeness (QED) is 0.485. The van der Waals surface area contributed by atoms with E-state index in [0.717, 1.165) is 61.7 Å². The average molecular weight is 453 g/mol. The minimum atomic E-state index is -0.224. The molecule has 1 N–H and O–H groups in total. The largest absolute Gasteiger partial charge is 0.459 e. The van der Waals surface area contributed by atoms with Crippen LogP contribution in [0.1, 0.15) is 70.8 Å². The fraction of sp³-hybridized carbons (Fsp3) is 0.423. The Labute approximate surface area is 192 Å². The predicted molar refractivity (Wildman–Crippen MR) is 126 cm³/mol. The molecule has 2 aliphatic rings. The van der Waals surface area contributed by atoms with Crippen LogP contribution in [-0.4, -0.2) is 23.9 Å². The fourth-order valence-electron chi connectivity index (χ4n) is 5.04. The van der Waals surface area contributed by atoms with Crippen molar-refractivity contribution in [3.63, 3.8) is 0 Å². The lowest BCUT2D eigenvalue weighted by Gasteiger charge is -2.38. The van der Waals surface area contributed by atoms with E-state index in [1.807, 2.05) is 12.1 Å². The molecule has 0 unspecified atom stereocenters. The summed E-state index contributed by atoms with van der Waals surface area (Å²) in [6, 6.07) is 10.3. The van der Waals surface area contributed by atoms with Crippen LogP contribution in [-0.2, 0) is 12.8 Å². The number of amides is 1. The maximum Gasteiger partial charge on any atom is 0.291 e. The van der Waals surface area contributed by atoms with Gasteiger partial charge in [-0.3, -0.25) is 9.69 Å². The Morgan fingerprint density at radius 2 is 1.91 bits per heavy atom. The van der Waals surface area contributed by atoms with Gasteiger partial charge in [0, 0.05) is 10.4 Å². The van der Waals surface area contributed by atoms with Gasteiger partial charge in [-0.1, -0.05) is 19.1 Å². The van der Waals surface area contributed by atoms with Gasteiger partial charge < -0.3 is 9.73 Å². The summed E-state index contributed by atoms with van der Waals surface area (Å²) in [6.45, 7) is 4.31. The Morgan fingerprint density at radius 1 is 1.16 bits per heavy atom. The van der Waals surface area contributed by atoms with Crippen LogP contribution in [0.25, 0.3) is 0 Å². The summed E-state index contributed by atoms with van der Waals surface area (Å²) in [6.07, 6.45) is 8.24. The van der Waals surface area contributed by atoms with Crippen molar-refractivity contribution in [2.45, 2.75) is 51.5 Å². The minimum absolute atomic E-state index is 0.00750. The molecule has 2 aromatic heterocycles. The average Bonchev–Trinajstić information content (AvgIpc) is 3.45. The third-order valence-corrected chi connectivity index (χ3v) is 8.05. The lowest BCUT2D eigenvalue weighted by molar-refractivity contribution is 0.0996. The van der Waals surface area contributed by atoms with Crippen molar-refractivity contribution in [3.8, 4) is 0 Å². The summed E-state index contributed by atoms with van der Waals surface area (Å²) < 4.78 is 19.1. The summed E-state index contributed by atoms with van der Waals surface area (Å²) in [7, 11) is 0. The zero-order valence-corrected chi connectivity index (χ0v) is 19.2. The molecule has 1 fully saturated rings. The van der Waals surface area contributed by atoms with Crippen molar-refractivity contribution in [2.24, 2.45) is 5.92 Å². The molecule has 1 amide bonds. The number of anilines is 1. The van der Waals surface area contributed by atoms with Crippen LogP contribution >= 0.6 is 11.3 Å². The molecule has 32 heavy (non-hydrogen) atoms. The molecular formula is C26H29FN2O2S. The zero-order valence-electron chi connectivity index (χ0n) is 18.4. The van der Waals surface area contributed by atoms with E-state index in [2.05, 4.69) is 17.1 Å². The van der Waals surface area contributed by atoms with Gasteiger partial charge in [-0.2, -0.15) is 0 Å². The molecule has 168 valence electrons. The first-order chi connectivity index (χ1) is 15.6. The van der Waals surface area contributed by atoms with Crippen LogP contribution in [0.2, 0.25) is 0 Å². The first-order valence-electron chi connectivity index (χ1n) is 11.6. The van der Waals surface area contributed by atoms with Crippen molar-refractivity contribution in [2.75, 3.05) is 18.4 Å².